The molecule has 0 unspecified atom stereocenters. The van der Waals surface area contributed by atoms with Crippen molar-refractivity contribution in [1.29, 1.82) is 0 Å². The number of alkyl halides is 6. The van der Waals surface area contributed by atoms with Crippen molar-refractivity contribution in [2.75, 3.05) is 4.90 Å². The zero-order valence-corrected chi connectivity index (χ0v) is 18.4. The Morgan fingerprint density at radius 1 is 1.03 bits per heavy atom. The van der Waals surface area contributed by atoms with Crippen LogP contribution in [-0.4, -0.2) is 53.4 Å². The number of nitrogens with zero attached hydrogens (tertiary/aromatic N) is 3. The highest BCUT2D eigenvalue weighted by Gasteiger charge is 2.65. The Bertz CT molecular complexity index is 1350. The summed E-state index contributed by atoms with van der Waals surface area (Å²) in [5.41, 5.74) is -7.19. The predicted octanol–water partition coefficient (Wildman–Crippen LogP) is 3.34. The monoisotopic (exact) mass is 537 g/mol. The first kappa shape index (κ1) is 25.4. The van der Waals surface area contributed by atoms with E-state index in [1.54, 1.807) is 0 Å². The normalized spacial score (nSPS) is 17.6. The first-order chi connectivity index (χ1) is 16.6. The van der Waals surface area contributed by atoms with Gasteiger partial charge < -0.3 is 9.64 Å². The molecule has 2 fully saturated rings. The van der Waals surface area contributed by atoms with Gasteiger partial charge in [-0.05, 0) is 43.2 Å². The van der Waals surface area contributed by atoms with Crippen molar-refractivity contribution in [3.63, 3.8) is 0 Å². The van der Waals surface area contributed by atoms with Crippen LogP contribution < -0.4 is 9.64 Å². The van der Waals surface area contributed by atoms with E-state index in [2.05, 4.69) is 9.72 Å². The molecule has 0 radical (unpaired) electrons. The van der Waals surface area contributed by atoms with Crippen molar-refractivity contribution < 1.29 is 53.9 Å². The molecule has 0 atom stereocenters. The Balaban J connectivity index is 1.62. The highest BCUT2D eigenvalue weighted by atomic mass is 32.2. The lowest BCUT2D eigenvalue weighted by Crippen LogP contribution is -2.37. The summed E-state index contributed by atoms with van der Waals surface area (Å²) < 4.78 is 104. The fourth-order valence-electron chi connectivity index (χ4n) is 3.63. The number of hydrogen-bond donors (Lipinski definition) is 0. The molecule has 1 spiro atoms. The Hall–Kier alpha value is -3.69. The smallest absolute Gasteiger partial charge is 0.418 e. The molecule has 1 aliphatic carbocycles. The molecule has 2 aromatic rings. The summed E-state index contributed by atoms with van der Waals surface area (Å²) >= 11 is 0. The Kier molecular flexibility index (Phi) is 5.77. The number of hydrogen-bond acceptors (Lipinski definition) is 7. The highest BCUT2D eigenvalue weighted by molar-refractivity contribution is 7.92. The minimum atomic E-state index is -5.66. The summed E-state index contributed by atoms with van der Waals surface area (Å²) in [4.78, 5) is 41.6. The lowest BCUT2D eigenvalue weighted by molar-refractivity contribution is -0.189. The first-order valence-electron chi connectivity index (χ1n) is 9.89. The van der Waals surface area contributed by atoms with Crippen LogP contribution in [0, 0.1) is 0 Å². The van der Waals surface area contributed by atoms with Gasteiger partial charge in [-0.1, -0.05) is 0 Å². The van der Waals surface area contributed by atoms with Crippen molar-refractivity contribution in [3.05, 3.63) is 48.3 Å². The molecule has 1 aromatic heterocycles. The third-order valence-electron chi connectivity index (χ3n) is 5.61. The van der Waals surface area contributed by atoms with Gasteiger partial charge in [-0.15, -0.1) is 0 Å². The summed E-state index contributed by atoms with van der Waals surface area (Å²) in [5, 5.41) is 0. The zero-order chi connectivity index (χ0) is 26.7. The number of rotatable bonds is 5. The zero-order valence-electron chi connectivity index (χ0n) is 17.6. The van der Waals surface area contributed by atoms with Gasteiger partial charge in [0.25, 0.3) is 15.7 Å². The second-order valence-electron chi connectivity index (χ2n) is 7.85. The predicted molar refractivity (Wildman–Crippen MR) is 106 cm³/mol. The number of benzene rings is 1. The van der Waals surface area contributed by atoms with Gasteiger partial charge in [0.2, 0.25) is 0 Å². The number of imide groups is 1. The molecule has 4 rings (SSSR count). The van der Waals surface area contributed by atoms with Crippen LogP contribution in [0.4, 0.5) is 36.8 Å². The van der Waals surface area contributed by atoms with Gasteiger partial charge in [0, 0.05) is 11.8 Å². The molecule has 2 aliphatic rings. The van der Waals surface area contributed by atoms with Crippen LogP contribution in [0.5, 0.6) is 5.75 Å². The van der Waals surface area contributed by atoms with Gasteiger partial charge in [-0.2, -0.15) is 26.3 Å². The Morgan fingerprint density at radius 3 is 2.17 bits per heavy atom. The second kappa shape index (κ2) is 8.18. The molecule has 1 aromatic carbocycles. The molecule has 9 nitrogen and oxygen atoms in total. The molecule has 192 valence electrons. The third kappa shape index (κ3) is 4.14. The van der Waals surface area contributed by atoms with Gasteiger partial charge in [-0.25, -0.2) is 22.9 Å². The summed E-state index contributed by atoms with van der Waals surface area (Å²) in [5.74, 6) is -3.85. The molecule has 16 heteroatoms. The molecule has 1 saturated carbocycles. The van der Waals surface area contributed by atoms with Gasteiger partial charge >= 0.3 is 23.7 Å². The summed E-state index contributed by atoms with van der Waals surface area (Å²) in [6.07, 6.45) is -2.92. The number of esters is 1. The van der Waals surface area contributed by atoms with E-state index < -0.39 is 62.2 Å². The molecule has 0 bridgehead atoms. The SMILES string of the molecule is O=C1N(c2ccc(S(=O)(=O)C(F)(F)F)cc2)C(=O)C2(CC2)N1Cc1ccncc1OC(=O)C(F)(F)F. The lowest BCUT2D eigenvalue weighted by atomic mass is 10.2. The van der Waals surface area contributed by atoms with Crippen LogP contribution in [-0.2, 0) is 26.0 Å². The highest BCUT2D eigenvalue weighted by Crippen LogP contribution is 2.50. The van der Waals surface area contributed by atoms with Crippen molar-refractivity contribution in [3.8, 4) is 5.75 Å². The number of aromatic nitrogens is 1. The van der Waals surface area contributed by atoms with E-state index >= 15 is 0 Å². The quantitative estimate of drug-likeness (QED) is 0.327. The molecule has 36 heavy (non-hydrogen) atoms. The van der Waals surface area contributed by atoms with Crippen LogP contribution in [0.2, 0.25) is 0 Å². The van der Waals surface area contributed by atoms with E-state index in [0.29, 0.717) is 17.0 Å². The van der Waals surface area contributed by atoms with E-state index in [0.717, 1.165) is 23.2 Å². The van der Waals surface area contributed by atoms with Crippen molar-refractivity contribution in [1.82, 2.24) is 9.88 Å². The van der Waals surface area contributed by atoms with E-state index in [4.69, 9.17) is 0 Å². The van der Waals surface area contributed by atoms with E-state index in [-0.39, 0.29) is 24.1 Å². The molecular weight excluding hydrogens is 524 g/mol. The number of carbonyl (C=O) groups is 3. The standard InChI is InChI=1S/C20H13F6N3O6S/c21-19(22,23)16(31)35-14-9-27-8-5-11(14)10-28-17(32)29(15(30)18(28)6-7-18)12-1-3-13(4-2-12)36(33,34)20(24,25)26/h1-5,8-9H,6-7,10H2. The molecule has 1 aliphatic heterocycles. The van der Waals surface area contributed by atoms with Crippen LogP contribution in [0.25, 0.3) is 0 Å². The Morgan fingerprint density at radius 2 is 1.64 bits per heavy atom. The maximum absolute atomic E-state index is 13.1. The maximum atomic E-state index is 13.1. The molecular formula is C20H13F6N3O6S. The number of halogens is 6. The topological polar surface area (TPSA) is 114 Å². The number of pyridine rings is 1. The summed E-state index contributed by atoms with van der Waals surface area (Å²) in [7, 11) is -5.66. The number of carbonyl (C=O) groups excluding carboxylic acids is 3. The van der Waals surface area contributed by atoms with Crippen molar-refractivity contribution >= 4 is 33.4 Å². The van der Waals surface area contributed by atoms with Crippen LogP contribution in [0.1, 0.15) is 18.4 Å². The van der Waals surface area contributed by atoms with Gasteiger partial charge in [-0.3, -0.25) is 9.78 Å². The number of urea groups is 1. The lowest BCUT2D eigenvalue weighted by Gasteiger charge is -2.22. The minimum absolute atomic E-state index is 0.0662. The average Bonchev–Trinajstić information content (AvgIpc) is 3.56. The van der Waals surface area contributed by atoms with Crippen LogP contribution in [0.3, 0.4) is 0 Å². The molecule has 3 amide bonds. The molecule has 2 heterocycles. The van der Waals surface area contributed by atoms with Gasteiger partial charge in [0.15, 0.2) is 5.75 Å². The van der Waals surface area contributed by atoms with Gasteiger partial charge in [0.05, 0.1) is 23.3 Å². The number of ether oxygens (including phenoxy) is 1. The molecule has 1 saturated heterocycles. The van der Waals surface area contributed by atoms with Crippen LogP contribution >= 0.6 is 0 Å². The fraction of sp³-hybridized carbons (Fsp3) is 0.300. The fourth-order valence-corrected chi connectivity index (χ4v) is 4.39. The minimum Gasteiger partial charge on any atom is -0.418 e. The third-order valence-corrected chi connectivity index (χ3v) is 7.11. The second-order valence-corrected chi connectivity index (χ2v) is 9.80. The average molecular weight is 537 g/mol. The van der Waals surface area contributed by atoms with Crippen LogP contribution in [0.15, 0.2) is 47.6 Å². The largest absolute Gasteiger partial charge is 0.501 e. The van der Waals surface area contributed by atoms with Crippen molar-refractivity contribution in [2.45, 2.75) is 41.5 Å². The van der Waals surface area contributed by atoms with E-state index in [1.807, 2.05) is 0 Å². The number of sulfone groups is 1. The van der Waals surface area contributed by atoms with E-state index in [9.17, 15) is 49.1 Å². The first-order valence-corrected chi connectivity index (χ1v) is 11.4. The number of anilines is 1. The summed E-state index contributed by atoms with van der Waals surface area (Å²) in [6, 6.07) is 3.14. The van der Waals surface area contributed by atoms with Crippen molar-refractivity contribution in [2.24, 2.45) is 0 Å². The maximum Gasteiger partial charge on any atom is 0.501 e. The van der Waals surface area contributed by atoms with E-state index in [1.165, 1.54) is 12.3 Å². The van der Waals surface area contributed by atoms with Gasteiger partial charge in [0.1, 0.15) is 5.54 Å². The molecule has 0 N–H and O–H groups in total. The summed E-state index contributed by atoms with van der Waals surface area (Å²) in [6.45, 7) is -0.454. The Labute approximate surface area is 198 Å². The number of amides is 3.